The zero-order chi connectivity index (χ0) is 15.4. The Kier molecular flexibility index (Phi) is 5.51. The average Bonchev–Trinajstić information content (AvgIpc) is 2.54. The Morgan fingerprint density at radius 2 is 1.77 bits per heavy atom. The molecular formula is C19H31N3. The van der Waals surface area contributed by atoms with Crippen LogP contribution in [0, 0.1) is 5.92 Å². The lowest BCUT2D eigenvalue weighted by Crippen LogP contribution is -2.57. The summed E-state index contributed by atoms with van der Waals surface area (Å²) in [6.07, 6.45) is 2.75. The maximum Gasteiger partial charge on any atom is 0.0237 e. The van der Waals surface area contributed by atoms with Crippen LogP contribution in [0.1, 0.15) is 32.3 Å². The van der Waals surface area contributed by atoms with Gasteiger partial charge in [-0.25, -0.2) is 0 Å². The number of nitrogens with zero attached hydrogens (tertiary/aromatic N) is 2. The number of benzene rings is 1. The van der Waals surface area contributed by atoms with Gasteiger partial charge in [0.1, 0.15) is 0 Å². The van der Waals surface area contributed by atoms with Gasteiger partial charge in [-0.2, -0.15) is 0 Å². The van der Waals surface area contributed by atoms with Crippen LogP contribution in [-0.2, 0) is 6.54 Å². The Bertz CT molecular complexity index is 441. The van der Waals surface area contributed by atoms with Gasteiger partial charge in [-0.1, -0.05) is 30.3 Å². The van der Waals surface area contributed by atoms with Crippen LogP contribution < -0.4 is 5.32 Å². The molecule has 3 unspecified atom stereocenters. The maximum absolute atomic E-state index is 3.55. The van der Waals surface area contributed by atoms with E-state index in [-0.39, 0.29) is 0 Å². The number of piperidine rings is 1. The number of piperazine rings is 1. The van der Waals surface area contributed by atoms with Crippen molar-refractivity contribution in [1.82, 2.24) is 15.1 Å². The Morgan fingerprint density at radius 3 is 2.50 bits per heavy atom. The molecule has 3 rings (SSSR count). The molecule has 2 saturated heterocycles. The minimum atomic E-state index is 0.646. The molecule has 0 bridgehead atoms. The molecule has 0 saturated carbocycles. The van der Waals surface area contributed by atoms with Crippen LogP contribution in [0.15, 0.2) is 30.3 Å². The number of nitrogens with one attached hydrogen (secondary N) is 1. The van der Waals surface area contributed by atoms with Gasteiger partial charge >= 0.3 is 0 Å². The van der Waals surface area contributed by atoms with E-state index in [0.29, 0.717) is 12.1 Å². The van der Waals surface area contributed by atoms with Crippen LogP contribution in [0.3, 0.4) is 0 Å². The highest BCUT2D eigenvalue weighted by atomic mass is 15.3. The highest BCUT2D eigenvalue weighted by Crippen LogP contribution is 2.21. The molecule has 22 heavy (non-hydrogen) atoms. The third-order valence-electron chi connectivity index (χ3n) is 5.36. The molecule has 0 radical (unpaired) electrons. The van der Waals surface area contributed by atoms with E-state index >= 15 is 0 Å². The molecule has 1 aromatic rings. The van der Waals surface area contributed by atoms with Crippen molar-refractivity contribution in [3.63, 3.8) is 0 Å². The molecule has 2 heterocycles. The summed E-state index contributed by atoms with van der Waals surface area (Å²) in [4.78, 5) is 5.37. The fraction of sp³-hybridized carbons (Fsp3) is 0.684. The van der Waals surface area contributed by atoms with Gasteiger partial charge in [-0.05, 0) is 51.3 Å². The van der Waals surface area contributed by atoms with Crippen LogP contribution in [0.25, 0.3) is 0 Å². The molecular weight excluding hydrogens is 270 g/mol. The molecule has 1 aromatic carbocycles. The third kappa shape index (κ3) is 4.09. The second-order valence-corrected chi connectivity index (χ2v) is 7.28. The zero-order valence-corrected chi connectivity index (χ0v) is 14.2. The highest BCUT2D eigenvalue weighted by molar-refractivity contribution is 5.14. The maximum atomic E-state index is 3.55. The van der Waals surface area contributed by atoms with E-state index in [0.717, 1.165) is 12.5 Å². The van der Waals surface area contributed by atoms with Crippen LogP contribution in [0.2, 0.25) is 0 Å². The van der Waals surface area contributed by atoms with Gasteiger partial charge in [0.2, 0.25) is 0 Å². The molecule has 0 amide bonds. The van der Waals surface area contributed by atoms with E-state index in [9.17, 15) is 0 Å². The summed E-state index contributed by atoms with van der Waals surface area (Å²) >= 11 is 0. The summed E-state index contributed by atoms with van der Waals surface area (Å²) in [6.45, 7) is 12.0. The first-order valence-electron chi connectivity index (χ1n) is 8.95. The summed E-state index contributed by atoms with van der Waals surface area (Å²) in [5.41, 5.74) is 1.44. The van der Waals surface area contributed by atoms with E-state index in [1.807, 2.05) is 0 Å². The van der Waals surface area contributed by atoms with Crippen molar-refractivity contribution in [2.24, 2.45) is 5.92 Å². The summed E-state index contributed by atoms with van der Waals surface area (Å²) in [7, 11) is 0. The second kappa shape index (κ2) is 7.58. The van der Waals surface area contributed by atoms with Gasteiger partial charge in [0, 0.05) is 38.3 Å². The molecule has 3 heteroatoms. The SMILES string of the molecule is CC1CN(CC2CCCNC2)C(C)CN1Cc1ccccc1. The summed E-state index contributed by atoms with van der Waals surface area (Å²) in [5.74, 6) is 0.851. The molecule has 1 N–H and O–H groups in total. The van der Waals surface area contributed by atoms with Crippen LogP contribution in [0.5, 0.6) is 0 Å². The van der Waals surface area contributed by atoms with E-state index in [4.69, 9.17) is 0 Å². The highest BCUT2D eigenvalue weighted by Gasteiger charge is 2.30. The summed E-state index contributed by atoms with van der Waals surface area (Å²) in [6, 6.07) is 12.2. The number of hydrogen-bond donors (Lipinski definition) is 1. The quantitative estimate of drug-likeness (QED) is 0.922. The molecule has 0 aromatic heterocycles. The van der Waals surface area contributed by atoms with Crippen LogP contribution >= 0.6 is 0 Å². The van der Waals surface area contributed by atoms with Crippen molar-refractivity contribution in [1.29, 1.82) is 0 Å². The first-order chi connectivity index (χ1) is 10.7. The fourth-order valence-electron chi connectivity index (χ4n) is 3.97. The zero-order valence-electron chi connectivity index (χ0n) is 14.2. The van der Waals surface area contributed by atoms with Crippen molar-refractivity contribution < 1.29 is 0 Å². The Hall–Kier alpha value is -0.900. The predicted octanol–water partition coefficient (Wildman–Crippen LogP) is 2.58. The number of hydrogen-bond acceptors (Lipinski definition) is 3. The minimum absolute atomic E-state index is 0.646. The molecule has 3 nitrogen and oxygen atoms in total. The number of rotatable bonds is 4. The van der Waals surface area contributed by atoms with Crippen molar-refractivity contribution >= 4 is 0 Å². The van der Waals surface area contributed by atoms with Crippen molar-refractivity contribution in [2.45, 2.75) is 45.3 Å². The molecule has 3 atom stereocenters. The van der Waals surface area contributed by atoms with Crippen molar-refractivity contribution in [3.05, 3.63) is 35.9 Å². The predicted molar refractivity (Wildman–Crippen MR) is 92.9 cm³/mol. The Morgan fingerprint density at radius 1 is 1.05 bits per heavy atom. The van der Waals surface area contributed by atoms with E-state index < -0.39 is 0 Å². The normalized spacial score (nSPS) is 31.3. The Labute approximate surface area is 135 Å². The van der Waals surface area contributed by atoms with Gasteiger partial charge in [-0.15, -0.1) is 0 Å². The van der Waals surface area contributed by atoms with Crippen molar-refractivity contribution in [3.8, 4) is 0 Å². The third-order valence-corrected chi connectivity index (χ3v) is 5.36. The molecule has 0 aliphatic carbocycles. The van der Waals surface area contributed by atoms with E-state index in [2.05, 4.69) is 59.3 Å². The van der Waals surface area contributed by atoms with Gasteiger partial charge in [-0.3, -0.25) is 9.80 Å². The second-order valence-electron chi connectivity index (χ2n) is 7.28. The lowest BCUT2D eigenvalue weighted by molar-refractivity contribution is 0.0260. The largest absolute Gasteiger partial charge is 0.316 e. The van der Waals surface area contributed by atoms with Gasteiger partial charge in [0.15, 0.2) is 0 Å². The van der Waals surface area contributed by atoms with E-state index in [1.165, 1.54) is 51.1 Å². The fourth-order valence-corrected chi connectivity index (χ4v) is 3.97. The van der Waals surface area contributed by atoms with Gasteiger partial charge in [0.25, 0.3) is 0 Å². The smallest absolute Gasteiger partial charge is 0.0237 e. The van der Waals surface area contributed by atoms with Crippen LogP contribution in [0.4, 0.5) is 0 Å². The minimum Gasteiger partial charge on any atom is -0.316 e. The Balaban J connectivity index is 1.54. The van der Waals surface area contributed by atoms with E-state index in [1.54, 1.807) is 0 Å². The molecule has 0 spiro atoms. The molecule has 2 aliphatic rings. The summed E-state index contributed by atoms with van der Waals surface area (Å²) < 4.78 is 0. The average molecular weight is 301 g/mol. The monoisotopic (exact) mass is 301 g/mol. The lowest BCUT2D eigenvalue weighted by Gasteiger charge is -2.45. The standard InChI is InChI=1S/C19H31N3/c1-16-13-22(15-19-9-6-10-20-11-19)17(2)12-21(16)14-18-7-4-3-5-8-18/h3-5,7-8,16-17,19-20H,6,9-15H2,1-2H3. The van der Waals surface area contributed by atoms with Gasteiger partial charge < -0.3 is 5.32 Å². The lowest BCUT2D eigenvalue weighted by atomic mass is 9.97. The topological polar surface area (TPSA) is 18.5 Å². The first-order valence-corrected chi connectivity index (χ1v) is 8.95. The summed E-state index contributed by atoms with van der Waals surface area (Å²) in [5, 5.41) is 3.55. The molecule has 122 valence electrons. The van der Waals surface area contributed by atoms with Crippen molar-refractivity contribution in [2.75, 3.05) is 32.7 Å². The molecule has 2 aliphatic heterocycles. The van der Waals surface area contributed by atoms with Crippen LogP contribution in [-0.4, -0.2) is 54.6 Å². The van der Waals surface area contributed by atoms with Gasteiger partial charge in [0.05, 0.1) is 0 Å². The first kappa shape index (κ1) is 16.0. The molecule has 2 fully saturated rings.